The molecular formula is C13H15F2N3. The molecule has 2 rings (SSSR count). The van der Waals surface area contributed by atoms with Gasteiger partial charge in [0.2, 0.25) is 0 Å². The number of hydrogen-bond acceptors (Lipinski definition) is 2. The molecule has 0 saturated heterocycles. The summed E-state index contributed by atoms with van der Waals surface area (Å²) in [6, 6.07) is 4.91. The Labute approximate surface area is 104 Å². The number of nitrogens with zero attached hydrogens (tertiary/aromatic N) is 2. The van der Waals surface area contributed by atoms with E-state index in [0.29, 0.717) is 12.0 Å². The largest absolute Gasteiger partial charge is 0.324 e. The maximum absolute atomic E-state index is 13.1. The summed E-state index contributed by atoms with van der Waals surface area (Å²) in [5.74, 6) is -1.19. The molecule has 2 N–H and O–H groups in total. The molecule has 5 heteroatoms. The van der Waals surface area contributed by atoms with Gasteiger partial charge < -0.3 is 5.73 Å². The van der Waals surface area contributed by atoms with Crippen molar-refractivity contribution in [2.24, 2.45) is 12.8 Å². The number of aryl methyl sites for hydroxylation is 2. The average molecular weight is 251 g/mol. The van der Waals surface area contributed by atoms with Gasteiger partial charge in [-0.2, -0.15) is 5.10 Å². The summed E-state index contributed by atoms with van der Waals surface area (Å²) in [5, 5.41) is 4.05. The molecule has 0 bridgehead atoms. The van der Waals surface area contributed by atoms with Gasteiger partial charge in [0.05, 0.1) is 0 Å². The van der Waals surface area contributed by atoms with Crippen molar-refractivity contribution in [3.8, 4) is 0 Å². The van der Waals surface area contributed by atoms with Crippen molar-refractivity contribution >= 4 is 0 Å². The van der Waals surface area contributed by atoms with E-state index in [4.69, 9.17) is 5.73 Å². The SMILES string of the molecule is Cn1nccc1CCC(N)c1cc(F)cc(F)c1. The van der Waals surface area contributed by atoms with E-state index in [9.17, 15) is 8.78 Å². The second kappa shape index (κ2) is 5.27. The Morgan fingerprint density at radius 2 is 1.94 bits per heavy atom. The molecule has 1 heterocycles. The first-order valence-electron chi connectivity index (χ1n) is 5.74. The third kappa shape index (κ3) is 2.92. The highest BCUT2D eigenvalue weighted by molar-refractivity contribution is 5.21. The Morgan fingerprint density at radius 1 is 1.28 bits per heavy atom. The van der Waals surface area contributed by atoms with Gasteiger partial charge in [0.1, 0.15) is 11.6 Å². The molecule has 0 radical (unpaired) electrons. The van der Waals surface area contributed by atoms with Gasteiger partial charge in [-0.15, -0.1) is 0 Å². The number of rotatable bonds is 4. The van der Waals surface area contributed by atoms with Crippen molar-refractivity contribution in [2.75, 3.05) is 0 Å². The lowest BCUT2D eigenvalue weighted by molar-refractivity contribution is 0.563. The highest BCUT2D eigenvalue weighted by Gasteiger charge is 2.10. The molecule has 18 heavy (non-hydrogen) atoms. The fraction of sp³-hybridized carbons (Fsp3) is 0.308. The maximum atomic E-state index is 13.1. The zero-order chi connectivity index (χ0) is 13.1. The third-order valence-corrected chi connectivity index (χ3v) is 2.95. The molecule has 3 nitrogen and oxygen atoms in total. The summed E-state index contributed by atoms with van der Waals surface area (Å²) < 4.78 is 27.9. The van der Waals surface area contributed by atoms with Crippen LogP contribution in [0, 0.1) is 11.6 Å². The minimum absolute atomic E-state index is 0.384. The van der Waals surface area contributed by atoms with Crippen molar-refractivity contribution in [2.45, 2.75) is 18.9 Å². The van der Waals surface area contributed by atoms with Crippen LogP contribution in [0.3, 0.4) is 0 Å². The van der Waals surface area contributed by atoms with E-state index in [1.165, 1.54) is 12.1 Å². The molecule has 2 aromatic rings. The third-order valence-electron chi connectivity index (χ3n) is 2.95. The van der Waals surface area contributed by atoms with E-state index in [0.717, 1.165) is 18.2 Å². The van der Waals surface area contributed by atoms with Gasteiger partial charge in [-0.05, 0) is 36.6 Å². The van der Waals surface area contributed by atoms with Crippen LogP contribution >= 0.6 is 0 Å². The van der Waals surface area contributed by atoms with Crippen LogP contribution in [0.15, 0.2) is 30.5 Å². The van der Waals surface area contributed by atoms with Crippen LogP contribution < -0.4 is 5.73 Å². The minimum atomic E-state index is -0.596. The summed E-state index contributed by atoms with van der Waals surface area (Å²) in [5.41, 5.74) is 7.46. The smallest absolute Gasteiger partial charge is 0.126 e. The Bertz CT molecular complexity index is 517. The number of hydrogen-bond donors (Lipinski definition) is 1. The molecule has 0 amide bonds. The Balaban J connectivity index is 2.03. The fourth-order valence-corrected chi connectivity index (χ4v) is 1.91. The second-order valence-corrected chi connectivity index (χ2v) is 4.29. The standard InChI is InChI=1S/C13H15F2N3/c1-18-12(4-5-17-18)2-3-13(16)9-6-10(14)8-11(15)7-9/h4-8,13H,2-3,16H2,1H3. The lowest BCUT2D eigenvalue weighted by atomic mass is 10.0. The summed E-state index contributed by atoms with van der Waals surface area (Å²) in [7, 11) is 1.85. The first kappa shape index (κ1) is 12.7. The summed E-state index contributed by atoms with van der Waals surface area (Å²) in [6.07, 6.45) is 3.04. The van der Waals surface area contributed by atoms with Gasteiger partial charge in [0.15, 0.2) is 0 Å². The van der Waals surface area contributed by atoms with Crippen molar-refractivity contribution in [1.29, 1.82) is 0 Å². The Morgan fingerprint density at radius 3 is 2.50 bits per heavy atom. The van der Waals surface area contributed by atoms with Crippen molar-refractivity contribution in [3.05, 3.63) is 53.4 Å². The van der Waals surface area contributed by atoms with Gasteiger partial charge in [-0.25, -0.2) is 8.78 Å². The number of benzene rings is 1. The van der Waals surface area contributed by atoms with E-state index in [2.05, 4.69) is 5.10 Å². The maximum Gasteiger partial charge on any atom is 0.126 e. The topological polar surface area (TPSA) is 43.8 Å². The van der Waals surface area contributed by atoms with Crippen LogP contribution in [-0.2, 0) is 13.5 Å². The second-order valence-electron chi connectivity index (χ2n) is 4.29. The first-order chi connectivity index (χ1) is 8.56. The van der Waals surface area contributed by atoms with Crippen LogP contribution in [0.4, 0.5) is 8.78 Å². The van der Waals surface area contributed by atoms with Crippen molar-refractivity contribution in [3.63, 3.8) is 0 Å². The molecule has 1 aromatic heterocycles. The van der Waals surface area contributed by atoms with E-state index in [1.54, 1.807) is 10.9 Å². The molecule has 1 unspecified atom stereocenters. The molecule has 0 aliphatic carbocycles. The van der Waals surface area contributed by atoms with Crippen molar-refractivity contribution < 1.29 is 8.78 Å². The number of nitrogens with two attached hydrogens (primary N) is 1. The average Bonchev–Trinajstić information content (AvgIpc) is 2.70. The Kier molecular flexibility index (Phi) is 3.72. The monoisotopic (exact) mass is 251 g/mol. The predicted molar refractivity (Wildman–Crippen MR) is 64.8 cm³/mol. The number of halogens is 2. The summed E-state index contributed by atoms with van der Waals surface area (Å²) >= 11 is 0. The molecule has 0 aliphatic heterocycles. The summed E-state index contributed by atoms with van der Waals surface area (Å²) in [4.78, 5) is 0. The fourth-order valence-electron chi connectivity index (χ4n) is 1.91. The quantitative estimate of drug-likeness (QED) is 0.906. The molecule has 0 fully saturated rings. The van der Waals surface area contributed by atoms with E-state index in [1.807, 2.05) is 13.1 Å². The highest BCUT2D eigenvalue weighted by Crippen LogP contribution is 2.19. The summed E-state index contributed by atoms with van der Waals surface area (Å²) in [6.45, 7) is 0. The molecule has 1 aromatic carbocycles. The molecule has 0 spiro atoms. The zero-order valence-electron chi connectivity index (χ0n) is 10.1. The predicted octanol–water partition coefficient (Wildman–Crippen LogP) is 2.33. The zero-order valence-corrected chi connectivity index (χ0v) is 10.1. The molecule has 0 saturated carbocycles. The normalized spacial score (nSPS) is 12.7. The highest BCUT2D eigenvalue weighted by atomic mass is 19.1. The molecular weight excluding hydrogens is 236 g/mol. The van der Waals surface area contributed by atoms with Gasteiger partial charge >= 0.3 is 0 Å². The Hall–Kier alpha value is -1.75. The van der Waals surface area contributed by atoms with Crippen LogP contribution in [-0.4, -0.2) is 9.78 Å². The van der Waals surface area contributed by atoms with Crippen molar-refractivity contribution in [1.82, 2.24) is 9.78 Å². The van der Waals surface area contributed by atoms with Gasteiger partial charge in [-0.3, -0.25) is 4.68 Å². The van der Waals surface area contributed by atoms with E-state index in [-0.39, 0.29) is 6.04 Å². The lowest BCUT2D eigenvalue weighted by Gasteiger charge is -2.12. The van der Waals surface area contributed by atoms with Crippen LogP contribution in [0.25, 0.3) is 0 Å². The van der Waals surface area contributed by atoms with Gasteiger partial charge in [0, 0.05) is 31.0 Å². The molecule has 96 valence electrons. The van der Waals surface area contributed by atoms with Gasteiger partial charge in [0.25, 0.3) is 0 Å². The first-order valence-corrected chi connectivity index (χ1v) is 5.74. The minimum Gasteiger partial charge on any atom is -0.324 e. The lowest BCUT2D eigenvalue weighted by Crippen LogP contribution is -2.13. The van der Waals surface area contributed by atoms with Crippen LogP contribution in [0.5, 0.6) is 0 Å². The number of aromatic nitrogens is 2. The van der Waals surface area contributed by atoms with E-state index >= 15 is 0 Å². The van der Waals surface area contributed by atoms with Crippen LogP contribution in [0.2, 0.25) is 0 Å². The van der Waals surface area contributed by atoms with E-state index < -0.39 is 11.6 Å². The van der Waals surface area contributed by atoms with Gasteiger partial charge in [-0.1, -0.05) is 0 Å². The molecule has 0 aliphatic rings. The van der Waals surface area contributed by atoms with Crippen LogP contribution in [0.1, 0.15) is 23.7 Å². The molecule has 1 atom stereocenters.